The van der Waals surface area contributed by atoms with Crippen molar-refractivity contribution in [3.8, 4) is 0 Å². The molecule has 2 aromatic rings. The Labute approximate surface area is 74.6 Å². The van der Waals surface area contributed by atoms with E-state index in [4.69, 9.17) is 11.6 Å². The van der Waals surface area contributed by atoms with Crippen molar-refractivity contribution in [1.82, 2.24) is 20.2 Å². The van der Waals surface area contributed by atoms with Crippen LogP contribution in [-0.4, -0.2) is 27.4 Å². The normalized spacial score (nSPS) is 10.5. The molecule has 0 fully saturated rings. The van der Waals surface area contributed by atoms with Crippen LogP contribution in [-0.2, 0) is 0 Å². The third-order valence-electron chi connectivity index (χ3n) is 1.72. The molecule has 1 N–H and O–H groups in total. The van der Waals surface area contributed by atoms with Crippen LogP contribution in [0.15, 0.2) is 6.33 Å². The van der Waals surface area contributed by atoms with Gasteiger partial charge in [-0.25, -0.2) is 9.97 Å². The van der Waals surface area contributed by atoms with E-state index in [0.29, 0.717) is 10.8 Å². The van der Waals surface area contributed by atoms with Crippen LogP contribution >= 0.6 is 11.6 Å². The van der Waals surface area contributed by atoms with Gasteiger partial charge >= 0.3 is 0 Å². The first-order valence-corrected chi connectivity index (χ1v) is 4.04. The van der Waals surface area contributed by atoms with Crippen LogP contribution in [0.1, 0.15) is 0 Å². The van der Waals surface area contributed by atoms with E-state index in [1.807, 2.05) is 6.82 Å². The van der Waals surface area contributed by atoms with Gasteiger partial charge in [0.15, 0.2) is 12.9 Å². The van der Waals surface area contributed by atoms with Crippen LogP contribution in [0.5, 0.6) is 0 Å². The van der Waals surface area contributed by atoms with Crippen LogP contribution in [0.25, 0.3) is 11.0 Å². The van der Waals surface area contributed by atoms with Gasteiger partial charge in [0, 0.05) is 5.59 Å². The molecule has 0 atom stereocenters. The van der Waals surface area contributed by atoms with E-state index in [2.05, 4.69) is 20.2 Å². The predicted octanol–water partition coefficient (Wildman–Crippen LogP) is 0.116. The maximum absolute atomic E-state index is 5.87. The second kappa shape index (κ2) is 2.75. The maximum atomic E-state index is 5.87. The Bertz CT molecular complexity index is 413. The summed E-state index contributed by atoms with van der Waals surface area (Å²) in [7, 11) is 0.826. The topological polar surface area (TPSA) is 54.5 Å². The van der Waals surface area contributed by atoms with Gasteiger partial charge in [-0.05, 0) is 0 Å². The summed E-state index contributed by atoms with van der Waals surface area (Å²) in [5, 5.41) is 8.16. The number of nitrogens with zero attached hydrogens (tertiary/aromatic N) is 3. The zero-order valence-electron chi connectivity index (χ0n) is 6.50. The van der Waals surface area contributed by atoms with E-state index in [9.17, 15) is 0 Å². The van der Waals surface area contributed by atoms with Gasteiger partial charge in [0.05, 0.1) is 5.39 Å². The Morgan fingerprint density at radius 3 is 3.08 bits per heavy atom. The summed E-state index contributed by atoms with van der Waals surface area (Å²) in [5.41, 5.74) is 1.61. The molecule has 0 aliphatic carbocycles. The number of rotatable bonds is 1. The van der Waals surface area contributed by atoms with E-state index >= 15 is 0 Å². The van der Waals surface area contributed by atoms with Crippen molar-refractivity contribution in [1.29, 1.82) is 0 Å². The van der Waals surface area contributed by atoms with E-state index in [1.165, 1.54) is 6.33 Å². The van der Waals surface area contributed by atoms with Gasteiger partial charge in [-0.3, -0.25) is 5.10 Å². The maximum Gasteiger partial charge on any atom is 0.182 e. The molecule has 0 radical (unpaired) electrons. The van der Waals surface area contributed by atoms with E-state index in [-0.39, 0.29) is 0 Å². The molecule has 0 unspecified atom stereocenters. The van der Waals surface area contributed by atoms with Crippen LogP contribution in [0.3, 0.4) is 0 Å². The molecular formula is C6H6BClN4. The van der Waals surface area contributed by atoms with Gasteiger partial charge < -0.3 is 0 Å². The summed E-state index contributed by atoms with van der Waals surface area (Å²) in [6.45, 7) is 2.01. The molecule has 0 aliphatic rings. The lowest BCUT2D eigenvalue weighted by atomic mass is 9.77. The standard InChI is InChI=1S/C6H6BClN4/c1-7-4-3-5(8)9-2-10-6(3)12-11-4/h2,7H,1H3,(H,9,10,11,12). The summed E-state index contributed by atoms with van der Waals surface area (Å²) in [4.78, 5) is 7.88. The Morgan fingerprint density at radius 2 is 2.33 bits per heavy atom. The molecular weight excluding hydrogens is 174 g/mol. The molecule has 60 valence electrons. The van der Waals surface area contributed by atoms with Crippen LogP contribution in [0, 0.1) is 0 Å². The van der Waals surface area contributed by atoms with E-state index < -0.39 is 0 Å². The first-order chi connectivity index (χ1) is 5.83. The zero-order chi connectivity index (χ0) is 8.55. The highest BCUT2D eigenvalue weighted by Gasteiger charge is 2.08. The minimum Gasteiger partial charge on any atom is -0.261 e. The Balaban J connectivity index is 2.83. The molecule has 0 saturated heterocycles. The molecule has 4 nitrogen and oxygen atoms in total. The van der Waals surface area contributed by atoms with Gasteiger partial charge in [0.25, 0.3) is 0 Å². The van der Waals surface area contributed by atoms with Crippen molar-refractivity contribution in [2.24, 2.45) is 0 Å². The first kappa shape index (κ1) is 7.55. The lowest BCUT2D eigenvalue weighted by Crippen LogP contribution is -2.12. The molecule has 2 aromatic heterocycles. The Hall–Kier alpha value is -1.10. The highest BCUT2D eigenvalue weighted by molar-refractivity contribution is 6.56. The number of H-pyrrole nitrogens is 1. The monoisotopic (exact) mass is 180 g/mol. The predicted molar refractivity (Wildman–Crippen MR) is 49.3 cm³/mol. The van der Waals surface area contributed by atoms with Crippen molar-refractivity contribution in [3.05, 3.63) is 11.5 Å². The van der Waals surface area contributed by atoms with Crippen molar-refractivity contribution >= 4 is 35.5 Å². The van der Waals surface area contributed by atoms with Crippen molar-refractivity contribution < 1.29 is 0 Å². The van der Waals surface area contributed by atoms with Gasteiger partial charge in [-0.15, -0.1) is 0 Å². The van der Waals surface area contributed by atoms with E-state index in [1.54, 1.807) is 0 Å². The Kier molecular flexibility index (Phi) is 1.73. The molecule has 0 aliphatic heterocycles. The third kappa shape index (κ3) is 0.974. The SMILES string of the molecule is CBc1n[nH]c2ncnc(Cl)c12. The number of halogens is 1. The van der Waals surface area contributed by atoms with Crippen molar-refractivity contribution in [2.75, 3.05) is 0 Å². The zero-order valence-corrected chi connectivity index (χ0v) is 7.26. The molecule has 0 saturated carbocycles. The number of aromatic nitrogens is 4. The van der Waals surface area contributed by atoms with Gasteiger partial charge in [0.1, 0.15) is 11.5 Å². The van der Waals surface area contributed by atoms with Crippen molar-refractivity contribution in [2.45, 2.75) is 6.82 Å². The van der Waals surface area contributed by atoms with Gasteiger partial charge in [0.2, 0.25) is 0 Å². The molecule has 6 heteroatoms. The fourth-order valence-electron chi connectivity index (χ4n) is 1.14. The van der Waals surface area contributed by atoms with Crippen LogP contribution in [0.2, 0.25) is 12.0 Å². The minimum absolute atomic E-state index is 0.464. The molecule has 12 heavy (non-hydrogen) atoms. The van der Waals surface area contributed by atoms with Crippen LogP contribution in [0.4, 0.5) is 0 Å². The summed E-state index contributed by atoms with van der Waals surface area (Å²) < 4.78 is 0. The minimum atomic E-state index is 0.464. The average Bonchev–Trinajstić information content (AvgIpc) is 2.49. The summed E-state index contributed by atoms with van der Waals surface area (Å²) in [6, 6.07) is 0. The molecule has 2 rings (SSSR count). The number of nitrogens with one attached hydrogen (secondary N) is 1. The fraction of sp³-hybridized carbons (Fsp3) is 0.167. The second-order valence-electron chi connectivity index (χ2n) is 2.41. The van der Waals surface area contributed by atoms with E-state index in [0.717, 1.165) is 18.3 Å². The second-order valence-corrected chi connectivity index (χ2v) is 2.77. The van der Waals surface area contributed by atoms with Gasteiger partial charge in [-0.1, -0.05) is 18.4 Å². The average molecular weight is 180 g/mol. The number of fused-ring (bicyclic) bond motifs is 1. The highest BCUT2D eigenvalue weighted by atomic mass is 35.5. The quantitative estimate of drug-likeness (QED) is 0.501. The summed E-state index contributed by atoms with van der Waals surface area (Å²) >= 11 is 5.87. The van der Waals surface area contributed by atoms with Gasteiger partial charge in [-0.2, -0.15) is 5.10 Å². The lowest BCUT2D eigenvalue weighted by Gasteiger charge is -1.91. The van der Waals surface area contributed by atoms with Crippen molar-refractivity contribution in [3.63, 3.8) is 0 Å². The number of aromatic amines is 1. The largest absolute Gasteiger partial charge is 0.261 e. The lowest BCUT2D eigenvalue weighted by molar-refractivity contribution is 1.10. The smallest absolute Gasteiger partial charge is 0.182 e. The first-order valence-electron chi connectivity index (χ1n) is 3.66. The third-order valence-corrected chi connectivity index (χ3v) is 2.01. The fourth-order valence-corrected chi connectivity index (χ4v) is 1.38. The highest BCUT2D eigenvalue weighted by Crippen LogP contribution is 2.13. The number of hydrogen-bond acceptors (Lipinski definition) is 3. The molecule has 0 aromatic carbocycles. The molecule has 2 heterocycles. The molecule has 0 spiro atoms. The number of hydrogen-bond donors (Lipinski definition) is 1. The molecule has 0 amide bonds. The summed E-state index contributed by atoms with van der Waals surface area (Å²) in [5.74, 6) is 0. The Morgan fingerprint density at radius 1 is 1.50 bits per heavy atom. The van der Waals surface area contributed by atoms with Crippen LogP contribution < -0.4 is 5.59 Å². The summed E-state index contributed by atoms with van der Waals surface area (Å²) in [6.07, 6.45) is 1.42. The molecule has 0 bridgehead atoms.